The quantitative estimate of drug-likeness (QED) is 0.751. The molecule has 0 N–H and O–H groups in total. The molecule has 1 aliphatic heterocycles. The molecule has 1 saturated heterocycles. The number of likely N-dealkylation sites (tertiary alicyclic amines) is 1. The molecule has 0 spiro atoms. The van der Waals surface area contributed by atoms with Crippen molar-refractivity contribution in [3.8, 4) is 0 Å². The van der Waals surface area contributed by atoms with Crippen LogP contribution in [0.15, 0.2) is 48.5 Å². The Morgan fingerprint density at radius 1 is 0.958 bits per heavy atom. The molecule has 2 fully saturated rings. The van der Waals surface area contributed by atoms with Crippen LogP contribution >= 0.6 is 23.2 Å². The zero-order valence-electron chi connectivity index (χ0n) is 13.3. The standard InChI is InChI=1S/C20H19Cl2NO/c21-17-5-1-14(2-6-17)15-9-12-23(13-15)19(24)20(10-11-20)16-3-7-18(22)8-4-16/h1-8,15H,9-13H2. The van der Waals surface area contributed by atoms with E-state index in [2.05, 4.69) is 12.1 Å². The molecule has 0 aromatic heterocycles. The number of amides is 1. The predicted molar refractivity (Wildman–Crippen MR) is 97.8 cm³/mol. The van der Waals surface area contributed by atoms with Crippen LogP contribution in [-0.4, -0.2) is 23.9 Å². The Kier molecular flexibility index (Phi) is 4.06. The predicted octanol–water partition coefficient (Wildman–Crippen LogP) is 5.04. The molecule has 2 nitrogen and oxygen atoms in total. The van der Waals surface area contributed by atoms with Gasteiger partial charge < -0.3 is 4.90 Å². The summed E-state index contributed by atoms with van der Waals surface area (Å²) in [7, 11) is 0. The number of hydrogen-bond acceptors (Lipinski definition) is 1. The van der Waals surface area contributed by atoms with Crippen LogP contribution in [-0.2, 0) is 10.2 Å². The van der Waals surface area contributed by atoms with Crippen molar-refractivity contribution >= 4 is 29.1 Å². The smallest absolute Gasteiger partial charge is 0.233 e. The number of nitrogens with zero attached hydrogens (tertiary/aromatic N) is 1. The first-order chi connectivity index (χ1) is 11.6. The number of carbonyl (C=O) groups is 1. The van der Waals surface area contributed by atoms with Gasteiger partial charge in [0.1, 0.15) is 0 Å². The second-order valence-corrected chi connectivity index (χ2v) is 7.75. The monoisotopic (exact) mass is 359 g/mol. The van der Waals surface area contributed by atoms with Crippen molar-refractivity contribution in [2.45, 2.75) is 30.6 Å². The number of benzene rings is 2. The summed E-state index contributed by atoms with van der Waals surface area (Å²) in [5, 5.41) is 1.47. The highest BCUT2D eigenvalue weighted by Crippen LogP contribution is 2.50. The summed E-state index contributed by atoms with van der Waals surface area (Å²) in [5.41, 5.74) is 2.07. The van der Waals surface area contributed by atoms with Crippen molar-refractivity contribution < 1.29 is 4.79 Å². The SMILES string of the molecule is O=C(N1CCC(c2ccc(Cl)cc2)C1)C1(c2ccc(Cl)cc2)CC1. The van der Waals surface area contributed by atoms with E-state index < -0.39 is 0 Å². The summed E-state index contributed by atoms with van der Waals surface area (Å²) in [6, 6.07) is 15.8. The molecule has 1 amide bonds. The minimum Gasteiger partial charge on any atom is -0.341 e. The van der Waals surface area contributed by atoms with Crippen LogP contribution in [0.5, 0.6) is 0 Å². The lowest BCUT2D eigenvalue weighted by molar-refractivity contribution is -0.132. The van der Waals surface area contributed by atoms with Gasteiger partial charge in [-0.1, -0.05) is 47.5 Å². The molecule has 24 heavy (non-hydrogen) atoms. The van der Waals surface area contributed by atoms with Gasteiger partial charge in [0.2, 0.25) is 5.91 Å². The van der Waals surface area contributed by atoms with Gasteiger partial charge in [-0.2, -0.15) is 0 Å². The molecule has 0 radical (unpaired) electrons. The Balaban J connectivity index is 1.49. The first kappa shape index (κ1) is 16.0. The molecule has 4 heteroatoms. The fourth-order valence-electron chi connectivity index (χ4n) is 3.77. The minimum atomic E-state index is -0.306. The summed E-state index contributed by atoms with van der Waals surface area (Å²) in [4.78, 5) is 15.2. The Labute approximate surface area is 152 Å². The van der Waals surface area contributed by atoms with Gasteiger partial charge in [0, 0.05) is 29.1 Å². The average Bonchev–Trinajstić information content (AvgIpc) is 3.25. The third-order valence-electron chi connectivity index (χ3n) is 5.37. The van der Waals surface area contributed by atoms with Gasteiger partial charge in [0.15, 0.2) is 0 Å². The molecule has 2 aromatic rings. The number of hydrogen-bond donors (Lipinski definition) is 0. The third kappa shape index (κ3) is 2.82. The van der Waals surface area contributed by atoms with Crippen LogP contribution < -0.4 is 0 Å². The van der Waals surface area contributed by atoms with Gasteiger partial charge in [-0.3, -0.25) is 4.79 Å². The van der Waals surface area contributed by atoms with Gasteiger partial charge in [0.25, 0.3) is 0 Å². The highest BCUT2D eigenvalue weighted by atomic mass is 35.5. The Bertz CT molecular complexity index is 750. The topological polar surface area (TPSA) is 20.3 Å². The lowest BCUT2D eigenvalue weighted by Crippen LogP contribution is -2.37. The zero-order chi connectivity index (χ0) is 16.7. The van der Waals surface area contributed by atoms with E-state index in [4.69, 9.17) is 23.2 Å². The van der Waals surface area contributed by atoms with E-state index in [1.165, 1.54) is 5.56 Å². The Hall–Kier alpha value is -1.51. The van der Waals surface area contributed by atoms with Crippen LogP contribution in [0.2, 0.25) is 10.0 Å². The molecule has 1 atom stereocenters. The second-order valence-electron chi connectivity index (χ2n) is 6.88. The molecule has 1 unspecified atom stereocenters. The van der Waals surface area contributed by atoms with Crippen LogP contribution in [0.4, 0.5) is 0 Å². The lowest BCUT2D eigenvalue weighted by Gasteiger charge is -2.24. The fraction of sp³-hybridized carbons (Fsp3) is 0.350. The average molecular weight is 360 g/mol. The Morgan fingerprint density at radius 2 is 1.54 bits per heavy atom. The summed E-state index contributed by atoms with van der Waals surface area (Å²) < 4.78 is 0. The number of halogens is 2. The van der Waals surface area contributed by atoms with Gasteiger partial charge >= 0.3 is 0 Å². The van der Waals surface area contributed by atoms with Crippen molar-refractivity contribution in [1.29, 1.82) is 0 Å². The van der Waals surface area contributed by atoms with Crippen LogP contribution in [0, 0.1) is 0 Å². The molecular weight excluding hydrogens is 341 g/mol. The Morgan fingerprint density at radius 3 is 2.12 bits per heavy atom. The maximum Gasteiger partial charge on any atom is 0.233 e. The lowest BCUT2D eigenvalue weighted by atomic mass is 9.94. The summed E-state index contributed by atoms with van der Waals surface area (Å²) in [6.07, 6.45) is 2.90. The first-order valence-electron chi connectivity index (χ1n) is 8.39. The van der Waals surface area contributed by atoms with E-state index >= 15 is 0 Å². The van der Waals surface area contributed by atoms with Gasteiger partial charge in [-0.25, -0.2) is 0 Å². The van der Waals surface area contributed by atoms with Crippen LogP contribution in [0.1, 0.15) is 36.3 Å². The second kappa shape index (κ2) is 6.09. The van der Waals surface area contributed by atoms with Crippen molar-refractivity contribution in [3.05, 3.63) is 69.7 Å². The molecule has 1 aliphatic carbocycles. The van der Waals surface area contributed by atoms with Crippen LogP contribution in [0.3, 0.4) is 0 Å². The molecule has 0 bridgehead atoms. The van der Waals surface area contributed by atoms with E-state index in [-0.39, 0.29) is 11.3 Å². The zero-order valence-corrected chi connectivity index (χ0v) is 14.9. The highest BCUT2D eigenvalue weighted by molar-refractivity contribution is 6.30. The molecule has 4 rings (SSSR count). The van der Waals surface area contributed by atoms with E-state index in [1.54, 1.807) is 0 Å². The highest BCUT2D eigenvalue weighted by Gasteiger charge is 2.53. The van der Waals surface area contributed by atoms with E-state index in [0.717, 1.165) is 42.9 Å². The van der Waals surface area contributed by atoms with Gasteiger partial charge in [0.05, 0.1) is 5.41 Å². The largest absolute Gasteiger partial charge is 0.341 e. The summed E-state index contributed by atoms with van der Waals surface area (Å²) in [5.74, 6) is 0.688. The molecule has 2 aliphatic rings. The van der Waals surface area contributed by atoms with E-state index in [1.807, 2.05) is 41.3 Å². The van der Waals surface area contributed by atoms with E-state index in [0.29, 0.717) is 10.9 Å². The van der Waals surface area contributed by atoms with E-state index in [9.17, 15) is 4.79 Å². The third-order valence-corrected chi connectivity index (χ3v) is 5.88. The maximum absolute atomic E-state index is 13.1. The van der Waals surface area contributed by atoms with Crippen molar-refractivity contribution in [1.82, 2.24) is 4.90 Å². The summed E-state index contributed by atoms with van der Waals surface area (Å²) >= 11 is 12.0. The number of rotatable bonds is 3. The first-order valence-corrected chi connectivity index (χ1v) is 9.15. The van der Waals surface area contributed by atoms with Crippen molar-refractivity contribution in [2.24, 2.45) is 0 Å². The normalized spacial score (nSPS) is 21.8. The van der Waals surface area contributed by atoms with Crippen molar-refractivity contribution in [3.63, 3.8) is 0 Å². The summed E-state index contributed by atoms with van der Waals surface area (Å²) in [6.45, 7) is 1.64. The van der Waals surface area contributed by atoms with Gasteiger partial charge in [-0.15, -0.1) is 0 Å². The van der Waals surface area contributed by atoms with Crippen molar-refractivity contribution in [2.75, 3.05) is 13.1 Å². The molecule has 1 heterocycles. The molecular formula is C20H19Cl2NO. The molecule has 2 aromatic carbocycles. The minimum absolute atomic E-state index is 0.279. The molecule has 1 saturated carbocycles. The van der Waals surface area contributed by atoms with Gasteiger partial charge in [-0.05, 0) is 54.7 Å². The maximum atomic E-state index is 13.1. The number of carbonyl (C=O) groups excluding carboxylic acids is 1. The fourth-order valence-corrected chi connectivity index (χ4v) is 4.03. The molecule has 124 valence electrons. The van der Waals surface area contributed by atoms with Crippen LogP contribution in [0.25, 0.3) is 0 Å².